The molecule has 2 aromatic carbocycles. The third-order valence-electron chi connectivity index (χ3n) is 4.93. The third-order valence-corrected chi connectivity index (χ3v) is 4.93. The van der Waals surface area contributed by atoms with Crippen LogP contribution in [0.5, 0.6) is 0 Å². The lowest BCUT2D eigenvalue weighted by Gasteiger charge is -2.34. The largest absolute Gasteiger partial charge is 0.469 e. The van der Waals surface area contributed by atoms with Gasteiger partial charge in [-0.15, -0.1) is 0 Å². The van der Waals surface area contributed by atoms with Crippen LogP contribution in [0.3, 0.4) is 0 Å². The van der Waals surface area contributed by atoms with Gasteiger partial charge in [0.15, 0.2) is 0 Å². The highest BCUT2D eigenvalue weighted by Crippen LogP contribution is 2.29. The van der Waals surface area contributed by atoms with E-state index in [0.717, 1.165) is 32.5 Å². The maximum Gasteiger partial charge on any atom is 0.306 e. The third kappa shape index (κ3) is 5.16. The topological polar surface area (TPSA) is 38.8 Å². The highest BCUT2D eigenvalue weighted by molar-refractivity contribution is 5.69. The van der Waals surface area contributed by atoms with E-state index in [9.17, 15) is 4.79 Å². The van der Waals surface area contributed by atoms with Crippen LogP contribution in [-0.2, 0) is 14.3 Å². The molecule has 0 bridgehead atoms. The monoisotopic (exact) mass is 353 g/mol. The Morgan fingerprint density at radius 2 is 1.54 bits per heavy atom. The van der Waals surface area contributed by atoms with Crippen LogP contribution in [-0.4, -0.2) is 43.7 Å². The Bertz CT molecular complexity index is 627. The van der Waals surface area contributed by atoms with Gasteiger partial charge in [0.2, 0.25) is 0 Å². The summed E-state index contributed by atoms with van der Waals surface area (Å²) in [6.07, 6.45) is 2.62. The number of methoxy groups -OCH3 is 1. The Labute approximate surface area is 155 Å². The molecule has 26 heavy (non-hydrogen) atoms. The summed E-state index contributed by atoms with van der Waals surface area (Å²) in [4.78, 5) is 13.6. The Morgan fingerprint density at radius 3 is 2.04 bits per heavy atom. The molecular weight excluding hydrogens is 326 g/mol. The van der Waals surface area contributed by atoms with Crippen molar-refractivity contribution in [1.82, 2.24) is 4.90 Å². The number of ether oxygens (including phenoxy) is 2. The van der Waals surface area contributed by atoms with E-state index in [0.29, 0.717) is 6.42 Å². The van der Waals surface area contributed by atoms with Gasteiger partial charge in [-0.3, -0.25) is 4.79 Å². The van der Waals surface area contributed by atoms with E-state index in [4.69, 9.17) is 9.47 Å². The summed E-state index contributed by atoms with van der Waals surface area (Å²) in [5.41, 5.74) is 2.37. The van der Waals surface area contributed by atoms with Crippen molar-refractivity contribution in [2.45, 2.75) is 31.5 Å². The number of nitrogens with zero attached hydrogens (tertiary/aromatic N) is 1. The predicted molar refractivity (Wildman–Crippen MR) is 102 cm³/mol. The lowest BCUT2D eigenvalue weighted by molar-refractivity contribution is -0.141. The first-order chi connectivity index (χ1) is 12.8. The van der Waals surface area contributed by atoms with E-state index >= 15 is 0 Å². The minimum Gasteiger partial charge on any atom is -0.469 e. The smallest absolute Gasteiger partial charge is 0.306 e. The molecule has 0 saturated carbocycles. The van der Waals surface area contributed by atoms with Gasteiger partial charge in [0.1, 0.15) is 6.10 Å². The number of rotatable bonds is 7. The summed E-state index contributed by atoms with van der Waals surface area (Å²) in [6, 6.07) is 20.8. The van der Waals surface area contributed by atoms with Crippen LogP contribution < -0.4 is 0 Å². The zero-order valence-electron chi connectivity index (χ0n) is 15.3. The lowest BCUT2D eigenvalue weighted by atomic mass is 10.00. The summed E-state index contributed by atoms with van der Waals surface area (Å²) in [5.74, 6) is -0.142. The van der Waals surface area contributed by atoms with Crippen molar-refractivity contribution in [3.63, 3.8) is 0 Å². The number of hydrogen-bond acceptors (Lipinski definition) is 4. The van der Waals surface area contributed by atoms with E-state index in [-0.39, 0.29) is 18.2 Å². The highest BCUT2D eigenvalue weighted by Gasteiger charge is 2.24. The molecule has 4 heteroatoms. The molecule has 1 aliphatic heterocycles. The molecule has 0 N–H and O–H groups in total. The van der Waals surface area contributed by atoms with Gasteiger partial charge in [-0.25, -0.2) is 0 Å². The molecule has 2 aromatic rings. The Balaban J connectivity index is 1.60. The minimum absolute atomic E-state index is 0.0379. The van der Waals surface area contributed by atoms with Crippen LogP contribution in [0.2, 0.25) is 0 Å². The van der Waals surface area contributed by atoms with Gasteiger partial charge < -0.3 is 14.4 Å². The van der Waals surface area contributed by atoms with E-state index in [2.05, 4.69) is 53.4 Å². The number of benzene rings is 2. The molecule has 1 aliphatic rings. The molecule has 1 fully saturated rings. The van der Waals surface area contributed by atoms with Crippen LogP contribution >= 0.6 is 0 Å². The maximum absolute atomic E-state index is 11.3. The second kappa shape index (κ2) is 9.51. The Kier molecular flexibility index (Phi) is 6.81. The van der Waals surface area contributed by atoms with Crippen LogP contribution in [0, 0.1) is 0 Å². The van der Waals surface area contributed by atoms with Gasteiger partial charge in [0.25, 0.3) is 0 Å². The molecular formula is C22H27NO3. The summed E-state index contributed by atoms with van der Waals surface area (Å²) < 4.78 is 11.3. The van der Waals surface area contributed by atoms with Gasteiger partial charge in [-0.1, -0.05) is 60.7 Å². The quantitative estimate of drug-likeness (QED) is 0.710. The SMILES string of the molecule is COC(=O)CCN1CCC(OC(c2ccccc2)c2ccccc2)CC1. The van der Waals surface area contributed by atoms with E-state index in [1.54, 1.807) is 0 Å². The molecule has 3 rings (SSSR count). The second-order valence-electron chi connectivity index (χ2n) is 6.70. The van der Waals surface area contributed by atoms with Crippen molar-refractivity contribution in [3.05, 3.63) is 71.8 Å². The Morgan fingerprint density at radius 1 is 1.00 bits per heavy atom. The number of carbonyl (C=O) groups is 1. The normalized spacial score (nSPS) is 15.9. The molecule has 0 aromatic heterocycles. The summed E-state index contributed by atoms with van der Waals surface area (Å²) in [7, 11) is 1.44. The average molecular weight is 353 g/mol. The fourth-order valence-electron chi connectivity index (χ4n) is 3.42. The summed E-state index contributed by atoms with van der Waals surface area (Å²) in [5, 5.41) is 0. The number of hydrogen-bond donors (Lipinski definition) is 0. The van der Waals surface area contributed by atoms with Crippen LogP contribution in [0.15, 0.2) is 60.7 Å². The maximum atomic E-state index is 11.3. The van der Waals surface area contributed by atoms with Crippen molar-refractivity contribution in [2.24, 2.45) is 0 Å². The van der Waals surface area contributed by atoms with Gasteiger partial charge in [-0.05, 0) is 24.0 Å². The fraction of sp³-hybridized carbons (Fsp3) is 0.409. The molecule has 0 aliphatic carbocycles. The molecule has 1 heterocycles. The van der Waals surface area contributed by atoms with E-state index in [1.807, 2.05) is 12.1 Å². The molecule has 1 saturated heterocycles. The highest BCUT2D eigenvalue weighted by atomic mass is 16.5. The predicted octanol–water partition coefficient (Wildman–Crippen LogP) is 3.82. The molecule has 0 spiro atoms. The summed E-state index contributed by atoms with van der Waals surface area (Å²) in [6.45, 7) is 2.68. The first-order valence-corrected chi connectivity index (χ1v) is 9.31. The lowest BCUT2D eigenvalue weighted by Crippen LogP contribution is -2.38. The molecule has 138 valence electrons. The first kappa shape index (κ1) is 18.6. The zero-order valence-corrected chi connectivity index (χ0v) is 15.3. The van der Waals surface area contributed by atoms with Crippen LogP contribution in [0.25, 0.3) is 0 Å². The minimum atomic E-state index is -0.142. The van der Waals surface area contributed by atoms with Crippen LogP contribution in [0.4, 0.5) is 0 Å². The second-order valence-corrected chi connectivity index (χ2v) is 6.70. The van der Waals surface area contributed by atoms with Crippen LogP contribution in [0.1, 0.15) is 36.5 Å². The molecule has 4 nitrogen and oxygen atoms in total. The van der Waals surface area contributed by atoms with Crippen molar-refractivity contribution >= 4 is 5.97 Å². The molecule has 0 atom stereocenters. The summed E-state index contributed by atoms with van der Waals surface area (Å²) >= 11 is 0. The van der Waals surface area contributed by atoms with E-state index < -0.39 is 0 Å². The van der Waals surface area contributed by atoms with Gasteiger partial charge in [0.05, 0.1) is 19.6 Å². The van der Waals surface area contributed by atoms with Crippen molar-refractivity contribution < 1.29 is 14.3 Å². The standard InChI is InChI=1S/C22H27NO3/c1-25-21(24)14-17-23-15-12-20(13-16-23)26-22(18-8-4-2-5-9-18)19-10-6-3-7-11-19/h2-11,20,22H,12-17H2,1H3. The zero-order chi connectivity index (χ0) is 18.2. The van der Waals surface area contributed by atoms with Gasteiger partial charge in [0, 0.05) is 19.6 Å². The van der Waals surface area contributed by atoms with Gasteiger partial charge >= 0.3 is 5.97 Å². The van der Waals surface area contributed by atoms with E-state index in [1.165, 1.54) is 18.2 Å². The Hall–Kier alpha value is -2.17. The number of carbonyl (C=O) groups excluding carboxylic acids is 1. The number of esters is 1. The number of likely N-dealkylation sites (tertiary alicyclic amines) is 1. The first-order valence-electron chi connectivity index (χ1n) is 9.31. The van der Waals surface area contributed by atoms with Crippen molar-refractivity contribution in [3.8, 4) is 0 Å². The van der Waals surface area contributed by atoms with Gasteiger partial charge in [-0.2, -0.15) is 0 Å². The molecule has 0 amide bonds. The number of piperidine rings is 1. The van der Waals surface area contributed by atoms with Crippen molar-refractivity contribution in [1.29, 1.82) is 0 Å². The van der Waals surface area contributed by atoms with Crippen molar-refractivity contribution in [2.75, 3.05) is 26.7 Å². The molecule has 0 unspecified atom stereocenters. The fourth-order valence-corrected chi connectivity index (χ4v) is 3.42. The average Bonchev–Trinajstić information content (AvgIpc) is 2.72. The molecule has 0 radical (unpaired) electrons.